The van der Waals surface area contributed by atoms with Crippen molar-refractivity contribution in [2.75, 3.05) is 0 Å². The SMILES string of the molecule is Cc1cc([N+](=O)[O-])ccc1C(=O)NC(C)CC(C)Br. The van der Waals surface area contributed by atoms with Gasteiger partial charge in [-0.3, -0.25) is 14.9 Å². The van der Waals surface area contributed by atoms with Crippen LogP contribution in [-0.2, 0) is 0 Å². The van der Waals surface area contributed by atoms with Gasteiger partial charge in [-0.15, -0.1) is 0 Å². The second kappa shape index (κ2) is 6.65. The summed E-state index contributed by atoms with van der Waals surface area (Å²) in [5, 5.41) is 13.5. The number of nitro benzene ring substituents is 1. The summed E-state index contributed by atoms with van der Waals surface area (Å²) in [5.41, 5.74) is 1.07. The van der Waals surface area contributed by atoms with Crippen LogP contribution in [0.15, 0.2) is 18.2 Å². The Morgan fingerprint density at radius 1 is 1.47 bits per heavy atom. The van der Waals surface area contributed by atoms with Crippen molar-refractivity contribution >= 4 is 27.5 Å². The normalized spacial score (nSPS) is 13.7. The van der Waals surface area contributed by atoms with Gasteiger partial charge in [0.25, 0.3) is 11.6 Å². The van der Waals surface area contributed by atoms with Crippen LogP contribution in [0.5, 0.6) is 0 Å². The highest BCUT2D eigenvalue weighted by molar-refractivity contribution is 9.09. The van der Waals surface area contributed by atoms with E-state index in [9.17, 15) is 14.9 Å². The maximum Gasteiger partial charge on any atom is 0.269 e. The Morgan fingerprint density at radius 3 is 2.58 bits per heavy atom. The lowest BCUT2D eigenvalue weighted by Gasteiger charge is -2.16. The second-order valence-electron chi connectivity index (χ2n) is 4.65. The number of nitro groups is 1. The Bertz CT molecular complexity index is 489. The van der Waals surface area contributed by atoms with Crippen molar-refractivity contribution < 1.29 is 9.72 Å². The molecule has 0 radical (unpaired) electrons. The Kier molecular flexibility index (Phi) is 5.47. The third-order valence-corrected chi connectivity index (χ3v) is 3.10. The van der Waals surface area contributed by atoms with Crippen LogP contribution >= 0.6 is 15.9 Å². The molecule has 1 amide bonds. The highest BCUT2D eigenvalue weighted by atomic mass is 79.9. The number of nitrogens with zero attached hydrogens (tertiary/aromatic N) is 1. The molecular weight excluding hydrogens is 312 g/mol. The van der Waals surface area contributed by atoms with E-state index in [0.29, 0.717) is 16.0 Å². The number of non-ortho nitro benzene ring substituents is 1. The maximum atomic E-state index is 12.0. The number of amides is 1. The lowest BCUT2D eigenvalue weighted by molar-refractivity contribution is -0.384. The van der Waals surface area contributed by atoms with Gasteiger partial charge in [-0.1, -0.05) is 22.9 Å². The van der Waals surface area contributed by atoms with Crippen LogP contribution in [0.3, 0.4) is 0 Å². The summed E-state index contributed by atoms with van der Waals surface area (Å²) in [7, 11) is 0. The molecule has 0 fully saturated rings. The molecule has 6 heteroatoms. The zero-order valence-electron chi connectivity index (χ0n) is 11.1. The Labute approximate surface area is 120 Å². The van der Waals surface area contributed by atoms with Crippen LogP contribution in [0.2, 0.25) is 0 Å². The van der Waals surface area contributed by atoms with E-state index in [0.717, 1.165) is 6.42 Å². The molecule has 0 aliphatic rings. The summed E-state index contributed by atoms with van der Waals surface area (Å²) in [5.74, 6) is -0.201. The fourth-order valence-electron chi connectivity index (χ4n) is 1.86. The van der Waals surface area contributed by atoms with Crippen LogP contribution < -0.4 is 5.32 Å². The van der Waals surface area contributed by atoms with Crippen LogP contribution in [0, 0.1) is 17.0 Å². The standard InChI is InChI=1S/C13H17BrN2O3/c1-8-6-11(16(18)19)4-5-12(8)13(17)15-10(3)7-9(2)14/h4-6,9-10H,7H2,1-3H3,(H,15,17). The predicted octanol–water partition coefficient (Wildman–Crippen LogP) is 3.20. The van der Waals surface area contributed by atoms with E-state index in [1.54, 1.807) is 6.92 Å². The molecule has 1 N–H and O–H groups in total. The molecule has 2 unspecified atom stereocenters. The molecule has 1 rings (SSSR count). The molecule has 0 spiro atoms. The number of alkyl halides is 1. The van der Waals surface area contributed by atoms with E-state index in [1.165, 1.54) is 18.2 Å². The number of nitrogens with one attached hydrogen (secondary N) is 1. The van der Waals surface area contributed by atoms with Crippen molar-refractivity contribution in [2.24, 2.45) is 0 Å². The zero-order chi connectivity index (χ0) is 14.6. The first-order valence-corrected chi connectivity index (χ1v) is 6.92. The number of carbonyl (C=O) groups is 1. The first-order chi connectivity index (χ1) is 8.81. The fourth-order valence-corrected chi connectivity index (χ4v) is 2.42. The number of rotatable bonds is 5. The maximum absolute atomic E-state index is 12.0. The van der Waals surface area contributed by atoms with Gasteiger partial charge in [-0.25, -0.2) is 0 Å². The average Bonchev–Trinajstić information content (AvgIpc) is 2.26. The minimum absolute atomic E-state index is 0.00354. The first-order valence-electron chi connectivity index (χ1n) is 6.01. The summed E-state index contributed by atoms with van der Waals surface area (Å²) in [6, 6.07) is 4.29. The van der Waals surface area contributed by atoms with Crippen LogP contribution in [-0.4, -0.2) is 21.7 Å². The molecule has 19 heavy (non-hydrogen) atoms. The van der Waals surface area contributed by atoms with Crippen LogP contribution in [0.1, 0.15) is 36.2 Å². The summed E-state index contributed by atoms with van der Waals surface area (Å²) in [4.78, 5) is 22.5. The number of halogens is 1. The van der Waals surface area contributed by atoms with Crippen LogP contribution in [0.25, 0.3) is 0 Å². The van der Waals surface area contributed by atoms with Gasteiger partial charge in [0.2, 0.25) is 0 Å². The fraction of sp³-hybridized carbons (Fsp3) is 0.462. The molecule has 0 heterocycles. The van der Waals surface area contributed by atoms with Gasteiger partial charge in [0, 0.05) is 28.6 Å². The molecule has 1 aromatic carbocycles. The van der Waals surface area contributed by atoms with Gasteiger partial charge < -0.3 is 5.32 Å². The van der Waals surface area contributed by atoms with E-state index in [4.69, 9.17) is 0 Å². The minimum atomic E-state index is -0.468. The first kappa shape index (κ1) is 15.6. The molecule has 0 bridgehead atoms. The van der Waals surface area contributed by atoms with Gasteiger partial charge in [-0.2, -0.15) is 0 Å². The molecule has 1 aromatic rings. The molecule has 0 saturated carbocycles. The molecule has 104 valence electrons. The highest BCUT2D eigenvalue weighted by Gasteiger charge is 2.15. The minimum Gasteiger partial charge on any atom is -0.350 e. The number of benzene rings is 1. The van der Waals surface area contributed by atoms with E-state index < -0.39 is 4.92 Å². The van der Waals surface area contributed by atoms with E-state index in [-0.39, 0.29) is 17.6 Å². The molecule has 5 nitrogen and oxygen atoms in total. The van der Waals surface area contributed by atoms with Crippen molar-refractivity contribution in [3.05, 3.63) is 39.4 Å². The quantitative estimate of drug-likeness (QED) is 0.512. The van der Waals surface area contributed by atoms with Crippen molar-refractivity contribution in [2.45, 2.75) is 38.1 Å². The number of carbonyl (C=O) groups excluding carboxylic acids is 1. The van der Waals surface area contributed by atoms with E-state index in [2.05, 4.69) is 21.2 Å². The Balaban J connectivity index is 2.80. The van der Waals surface area contributed by atoms with E-state index in [1.807, 2.05) is 13.8 Å². The van der Waals surface area contributed by atoms with Crippen molar-refractivity contribution in [3.63, 3.8) is 0 Å². The third-order valence-electron chi connectivity index (χ3n) is 2.72. The lowest BCUT2D eigenvalue weighted by atomic mass is 10.1. The molecule has 0 aliphatic heterocycles. The largest absolute Gasteiger partial charge is 0.350 e. The molecular formula is C13H17BrN2O3. The summed E-state index contributed by atoms with van der Waals surface area (Å²) < 4.78 is 0. The number of aryl methyl sites for hydroxylation is 1. The Hall–Kier alpha value is -1.43. The van der Waals surface area contributed by atoms with Crippen molar-refractivity contribution in [3.8, 4) is 0 Å². The monoisotopic (exact) mass is 328 g/mol. The van der Waals surface area contributed by atoms with Gasteiger partial charge in [0.1, 0.15) is 0 Å². The van der Waals surface area contributed by atoms with Gasteiger partial charge >= 0.3 is 0 Å². The van der Waals surface area contributed by atoms with Crippen molar-refractivity contribution in [1.82, 2.24) is 5.32 Å². The second-order valence-corrected chi connectivity index (χ2v) is 6.21. The molecule has 0 saturated heterocycles. The van der Waals surface area contributed by atoms with Crippen molar-refractivity contribution in [1.29, 1.82) is 0 Å². The van der Waals surface area contributed by atoms with E-state index >= 15 is 0 Å². The number of hydrogen-bond donors (Lipinski definition) is 1. The molecule has 0 aliphatic carbocycles. The smallest absolute Gasteiger partial charge is 0.269 e. The topological polar surface area (TPSA) is 72.2 Å². The van der Waals surface area contributed by atoms with Gasteiger partial charge in [-0.05, 0) is 31.9 Å². The van der Waals surface area contributed by atoms with Crippen LogP contribution in [0.4, 0.5) is 5.69 Å². The van der Waals surface area contributed by atoms with Gasteiger partial charge in [0.15, 0.2) is 0 Å². The highest BCUT2D eigenvalue weighted by Crippen LogP contribution is 2.17. The lowest BCUT2D eigenvalue weighted by Crippen LogP contribution is -2.34. The molecule has 0 aromatic heterocycles. The van der Waals surface area contributed by atoms with Gasteiger partial charge in [0.05, 0.1) is 4.92 Å². The Morgan fingerprint density at radius 2 is 2.11 bits per heavy atom. The number of hydrogen-bond acceptors (Lipinski definition) is 3. The molecule has 2 atom stereocenters. The third kappa shape index (κ3) is 4.63. The zero-order valence-corrected chi connectivity index (χ0v) is 12.7. The summed E-state index contributed by atoms with van der Waals surface area (Å²) >= 11 is 3.43. The average molecular weight is 329 g/mol. The summed E-state index contributed by atoms with van der Waals surface area (Å²) in [6.45, 7) is 5.63. The predicted molar refractivity (Wildman–Crippen MR) is 77.8 cm³/mol. The summed E-state index contributed by atoms with van der Waals surface area (Å²) in [6.07, 6.45) is 0.817.